The lowest BCUT2D eigenvalue weighted by Crippen LogP contribution is -2.22. The van der Waals surface area contributed by atoms with E-state index < -0.39 is 0 Å². The molecule has 2 aromatic carbocycles. The molecule has 6 nitrogen and oxygen atoms in total. The minimum Gasteiger partial charge on any atom is -0.439 e. The second-order valence-electron chi connectivity index (χ2n) is 5.82. The Labute approximate surface area is 160 Å². The predicted molar refractivity (Wildman–Crippen MR) is 102 cm³/mol. The van der Waals surface area contributed by atoms with Crippen LogP contribution in [-0.2, 0) is 6.54 Å². The molecule has 7 heteroatoms. The van der Waals surface area contributed by atoms with Gasteiger partial charge >= 0.3 is 0 Å². The van der Waals surface area contributed by atoms with Crippen molar-refractivity contribution in [1.82, 2.24) is 20.1 Å². The van der Waals surface area contributed by atoms with Crippen LogP contribution in [0, 0.1) is 0 Å². The molecule has 0 saturated heterocycles. The maximum absolute atomic E-state index is 12.3. The number of amides is 1. The largest absolute Gasteiger partial charge is 0.439 e. The van der Waals surface area contributed by atoms with Gasteiger partial charge in [0.1, 0.15) is 0 Å². The number of halogens is 1. The quantitative estimate of drug-likeness (QED) is 0.567. The lowest BCUT2D eigenvalue weighted by atomic mass is 10.2. The Balaban J connectivity index is 1.41. The Morgan fingerprint density at radius 2 is 1.96 bits per heavy atom. The highest BCUT2D eigenvalue weighted by Gasteiger charge is 2.12. The molecule has 4 aromatic rings. The summed E-state index contributed by atoms with van der Waals surface area (Å²) in [6.07, 6.45) is 4.79. The summed E-state index contributed by atoms with van der Waals surface area (Å²) in [7, 11) is 0. The number of carbonyl (C=O) groups excluding carboxylic acids is 1. The van der Waals surface area contributed by atoms with Gasteiger partial charge < -0.3 is 9.73 Å². The van der Waals surface area contributed by atoms with Gasteiger partial charge in [-0.05, 0) is 18.2 Å². The summed E-state index contributed by atoms with van der Waals surface area (Å²) in [4.78, 5) is 16.6. The molecule has 2 heterocycles. The van der Waals surface area contributed by atoms with Crippen LogP contribution in [0.2, 0.25) is 5.02 Å². The van der Waals surface area contributed by atoms with Gasteiger partial charge in [-0.2, -0.15) is 5.10 Å². The summed E-state index contributed by atoms with van der Waals surface area (Å²) in [5.41, 5.74) is 2.15. The zero-order valence-corrected chi connectivity index (χ0v) is 14.9. The number of nitrogens with zero attached hydrogens (tertiary/aromatic N) is 3. The van der Waals surface area contributed by atoms with Gasteiger partial charge in [0.15, 0.2) is 5.76 Å². The number of carbonyl (C=O) groups is 1. The molecule has 0 aliphatic heterocycles. The maximum Gasteiger partial charge on any atom is 0.254 e. The van der Waals surface area contributed by atoms with Crippen molar-refractivity contribution < 1.29 is 9.21 Å². The van der Waals surface area contributed by atoms with E-state index in [9.17, 15) is 4.79 Å². The SMILES string of the molecule is O=C(NCc1ncc(-c2ccccc2)o1)c1cnn(-c2cccc(Cl)c2)c1. The van der Waals surface area contributed by atoms with E-state index in [1.165, 1.54) is 6.20 Å². The third-order valence-corrected chi connectivity index (χ3v) is 4.16. The molecule has 134 valence electrons. The summed E-state index contributed by atoms with van der Waals surface area (Å²) >= 11 is 5.99. The Hall–Kier alpha value is -3.38. The minimum absolute atomic E-state index is 0.189. The van der Waals surface area contributed by atoms with Crippen LogP contribution in [0.5, 0.6) is 0 Å². The molecule has 4 rings (SSSR count). The highest BCUT2D eigenvalue weighted by atomic mass is 35.5. The van der Waals surface area contributed by atoms with Gasteiger partial charge in [0.2, 0.25) is 5.89 Å². The molecular weight excluding hydrogens is 364 g/mol. The Morgan fingerprint density at radius 1 is 1.11 bits per heavy atom. The van der Waals surface area contributed by atoms with E-state index in [2.05, 4.69) is 15.4 Å². The average molecular weight is 379 g/mol. The highest BCUT2D eigenvalue weighted by molar-refractivity contribution is 6.30. The normalized spacial score (nSPS) is 10.7. The lowest BCUT2D eigenvalue weighted by molar-refractivity contribution is 0.0947. The molecule has 0 bridgehead atoms. The number of rotatable bonds is 5. The van der Waals surface area contributed by atoms with E-state index in [0.717, 1.165) is 11.3 Å². The zero-order valence-electron chi connectivity index (χ0n) is 14.2. The first kappa shape index (κ1) is 17.1. The van der Waals surface area contributed by atoms with Crippen LogP contribution in [0.15, 0.2) is 77.6 Å². The topological polar surface area (TPSA) is 73.0 Å². The van der Waals surface area contributed by atoms with Crippen LogP contribution < -0.4 is 5.32 Å². The molecule has 0 saturated carbocycles. The van der Waals surface area contributed by atoms with Gasteiger partial charge in [-0.3, -0.25) is 4.79 Å². The first-order chi connectivity index (χ1) is 13.2. The van der Waals surface area contributed by atoms with Crippen molar-refractivity contribution in [1.29, 1.82) is 0 Å². The molecule has 2 aromatic heterocycles. The third-order valence-electron chi connectivity index (χ3n) is 3.93. The van der Waals surface area contributed by atoms with Gasteiger partial charge in [0.25, 0.3) is 5.91 Å². The van der Waals surface area contributed by atoms with Gasteiger partial charge in [-0.1, -0.05) is 48.0 Å². The maximum atomic E-state index is 12.3. The number of nitrogens with one attached hydrogen (secondary N) is 1. The summed E-state index contributed by atoms with van der Waals surface area (Å²) in [6, 6.07) is 16.9. The molecule has 0 unspecified atom stereocenters. The summed E-state index contributed by atoms with van der Waals surface area (Å²) in [5, 5.41) is 7.59. The molecule has 0 aliphatic carbocycles. The van der Waals surface area contributed by atoms with Crippen molar-refractivity contribution in [2.24, 2.45) is 0 Å². The monoisotopic (exact) mass is 378 g/mol. The minimum atomic E-state index is -0.261. The number of aromatic nitrogens is 3. The molecule has 1 amide bonds. The fraction of sp³-hybridized carbons (Fsp3) is 0.0500. The van der Waals surface area contributed by atoms with Gasteiger partial charge in [-0.25, -0.2) is 9.67 Å². The smallest absolute Gasteiger partial charge is 0.254 e. The molecule has 0 radical (unpaired) electrons. The van der Waals surface area contributed by atoms with Gasteiger partial charge in [-0.15, -0.1) is 0 Å². The second-order valence-corrected chi connectivity index (χ2v) is 6.26. The van der Waals surface area contributed by atoms with Crippen molar-refractivity contribution in [3.8, 4) is 17.0 Å². The van der Waals surface area contributed by atoms with Crippen LogP contribution in [0.25, 0.3) is 17.0 Å². The number of hydrogen-bond acceptors (Lipinski definition) is 4. The lowest BCUT2D eigenvalue weighted by Gasteiger charge is -2.01. The fourth-order valence-electron chi connectivity index (χ4n) is 2.59. The standard InChI is InChI=1S/C20H15ClN4O2/c21-16-7-4-8-17(9-16)25-13-15(10-24-25)20(26)23-12-19-22-11-18(27-19)14-5-2-1-3-6-14/h1-11,13H,12H2,(H,23,26). The van der Waals surface area contributed by atoms with Crippen LogP contribution in [0.1, 0.15) is 16.2 Å². The van der Waals surface area contributed by atoms with E-state index in [-0.39, 0.29) is 12.5 Å². The average Bonchev–Trinajstić information content (AvgIpc) is 3.37. The van der Waals surface area contributed by atoms with Gasteiger partial charge in [0, 0.05) is 16.8 Å². The summed E-state index contributed by atoms with van der Waals surface area (Å²) < 4.78 is 7.28. The molecule has 27 heavy (non-hydrogen) atoms. The van der Waals surface area contributed by atoms with Crippen LogP contribution >= 0.6 is 11.6 Å². The van der Waals surface area contributed by atoms with Crippen LogP contribution in [0.3, 0.4) is 0 Å². The van der Waals surface area contributed by atoms with Crippen molar-refractivity contribution in [2.75, 3.05) is 0 Å². The van der Waals surface area contributed by atoms with E-state index >= 15 is 0 Å². The van der Waals surface area contributed by atoms with Crippen LogP contribution in [-0.4, -0.2) is 20.7 Å². The second kappa shape index (κ2) is 7.47. The third kappa shape index (κ3) is 3.91. The first-order valence-corrected chi connectivity index (χ1v) is 8.66. The van der Waals surface area contributed by atoms with E-state index in [4.69, 9.17) is 16.0 Å². The number of oxazole rings is 1. The van der Waals surface area contributed by atoms with E-state index in [1.807, 2.05) is 42.5 Å². The number of benzene rings is 2. The van der Waals surface area contributed by atoms with Crippen molar-refractivity contribution in [3.63, 3.8) is 0 Å². The molecule has 0 spiro atoms. The van der Waals surface area contributed by atoms with Crippen molar-refractivity contribution in [2.45, 2.75) is 6.54 Å². The van der Waals surface area contributed by atoms with E-state index in [1.54, 1.807) is 29.2 Å². The first-order valence-electron chi connectivity index (χ1n) is 8.28. The molecule has 1 N–H and O–H groups in total. The van der Waals surface area contributed by atoms with Crippen LogP contribution in [0.4, 0.5) is 0 Å². The van der Waals surface area contributed by atoms with Crippen molar-refractivity contribution >= 4 is 17.5 Å². The fourth-order valence-corrected chi connectivity index (χ4v) is 2.77. The Bertz CT molecular complexity index is 1070. The Morgan fingerprint density at radius 3 is 2.78 bits per heavy atom. The summed E-state index contributed by atoms with van der Waals surface area (Å²) in [5.74, 6) is 0.834. The Kier molecular flexibility index (Phi) is 4.72. The molecule has 0 fully saturated rings. The molecule has 0 atom stereocenters. The number of hydrogen-bond donors (Lipinski definition) is 1. The van der Waals surface area contributed by atoms with Crippen molar-refractivity contribution in [3.05, 3.63) is 89.7 Å². The van der Waals surface area contributed by atoms with Gasteiger partial charge in [0.05, 0.1) is 30.2 Å². The molecular formula is C20H15ClN4O2. The van der Waals surface area contributed by atoms with E-state index in [0.29, 0.717) is 22.2 Å². The molecule has 0 aliphatic rings. The highest BCUT2D eigenvalue weighted by Crippen LogP contribution is 2.19. The predicted octanol–water partition coefficient (Wildman–Crippen LogP) is 4.11. The zero-order chi connectivity index (χ0) is 18.6. The summed E-state index contributed by atoms with van der Waals surface area (Å²) in [6.45, 7) is 0.189.